The fraction of sp³-hybridized carbons (Fsp3) is 0.0800. The minimum absolute atomic E-state index is 0.0922. The van der Waals surface area contributed by atoms with Gasteiger partial charge in [0.05, 0.1) is 28.2 Å². The number of nitrogens with zero attached hydrogens (tertiary/aromatic N) is 2. The summed E-state index contributed by atoms with van der Waals surface area (Å²) in [6, 6.07) is 21.2. The smallest absolute Gasteiger partial charge is 0.266 e. The quantitative estimate of drug-likeness (QED) is 0.298. The third kappa shape index (κ3) is 6.14. The summed E-state index contributed by atoms with van der Waals surface area (Å²) in [5.74, 6) is 0.494. The van der Waals surface area contributed by atoms with E-state index < -0.39 is 5.91 Å². The molecule has 0 heterocycles. The van der Waals surface area contributed by atoms with Crippen molar-refractivity contribution in [2.45, 2.75) is 6.61 Å². The fourth-order valence-electron chi connectivity index (χ4n) is 2.89. The molecule has 0 saturated heterocycles. The minimum atomic E-state index is -0.552. The first-order chi connectivity index (χ1) is 15.9. The van der Waals surface area contributed by atoms with E-state index in [4.69, 9.17) is 21.1 Å². The van der Waals surface area contributed by atoms with Gasteiger partial charge < -0.3 is 14.8 Å². The summed E-state index contributed by atoms with van der Waals surface area (Å²) in [4.78, 5) is 12.5. The Morgan fingerprint density at radius 1 is 1.15 bits per heavy atom. The number of nitrogens with one attached hydrogen (secondary N) is 1. The average molecular weight is 523 g/mol. The maximum Gasteiger partial charge on any atom is 0.266 e. The van der Waals surface area contributed by atoms with Crippen molar-refractivity contribution in [2.75, 3.05) is 12.4 Å². The van der Waals surface area contributed by atoms with E-state index >= 15 is 0 Å². The maximum atomic E-state index is 12.5. The van der Waals surface area contributed by atoms with E-state index in [1.165, 1.54) is 6.08 Å². The molecule has 3 aromatic rings. The van der Waals surface area contributed by atoms with Gasteiger partial charge >= 0.3 is 0 Å². The molecular formula is C25H17BrClN3O3. The SMILES string of the molecule is COc1ccc(NC(=O)/C(C#N)=C\c2cc(Cl)c(OCc3ccccc3C#N)c(Br)c2)cc1. The van der Waals surface area contributed by atoms with Crippen LogP contribution in [0.1, 0.15) is 16.7 Å². The number of nitriles is 2. The van der Waals surface area contributed by atoms with Gasteiger partial charge in [0, 0.05) is 11.3 Å². The molecule has 0 radical (unpaired) electrons. The van der Waals surface area contributed by atoms with Crippen molar-refractivity contribution in [1.82, 2.24) is 0 Å². The zero-order valence-corrected chi connectivity index (χ0v) is 19.8. The van der Waals surface area contributed by atoms with E-state index in [-0.39, 0.29) is 17.2 Å². The number of benzene rings is 3. The van der Waals surface area contributed by atoms with Gasteiger partial charge in [0.15, 0.2) is 5.75 Å². The molecule has 8 heteroatoms. The Kier molecular flexibility index (Phi) is 8.10. The number of carbonyl (C=O) groups is 1. The van der Waals surface area contributed by atoms with Gasteiger partial charge in [-0.3, -0.25) is 4.79 Å². The first-order valence-corrected chi connectivity index (χ1v) is 10.8. The number of rotatable bonds is 7. The van der Waals surface area contributed by atoms with Crippen molar-refractivity contribution in [2.24, 2.45) is 0 Å². The van der Waals surface area contributed by atoms with Gasteiger partial charge in [-0.25, -0.2) is 0 Å². The van der Waals surface area contributed by atoms with Crippen molar-refractivity contribution in [3.05, 3.63) is 92.4 Å². The van der Waals surface area contributed by atoms with Gasteiger partial charge in [-0.15, -0.1) is 0 Å². The molecule has 1 amide bonds. The van der Waals surface area contributed by atoms with Gasteiger partial charge in [-0.1, -0.05) is 29.8 Å². The Hall–Kier alpha value is -3.78. The number of ether oxygens (including phenoxy) is 2. The van der Waals surface area contributed by atoms with E-state index in [0.717, 1.165) is 5.56 Å². The monoisotopic (exact) mass is 521 g/mol. The normalized spacial score (nSPS) is 10.6. The largest absolute Gasteiger partial charge is 0.497 e. The van der Waals surface area contributed by atoms with E-state index in [0.29, 0.717) is 32.8 Å². The lowest BCUT2D eigenvalue weighted by atomic mass is 10.1. The summed E-state index contributed by atoms with van der Waals surface area (Å²) in [6.45, 7) is 0.158. The summed E-state index contributed by atoms with van der Waals surface area (Å²) < 4.78 is 11.5. The number of hydrogen-bond acceptors (Lipinski definition) is 5. The van der Waals surface area contributed by atoms with Crippen LogP contribution in [-0.2, 0) is 11.4 Å². The van der Waals surface area contributed by atoms with Crippen LogP contribution >= 0.6 is 27.5 Å². The van der Waals surface area contributed by atoms with Crippen LogP contribution in [0.15, 0.2) is 70.7 Å². The lowest BCUT2D eigenvalue weighted by Crippen LogP contribution is -2.13. The van der Waals surface area contributed by atoms with Gasteiger partial charge in [-0.05, 0) is 70.0 Å². The van der Waals surface area contributed by atoms with Gasteiger partial charge in [0.2, 0.25) is 0 Å². The molecule has 0 spiro atoms. The topological polar surface area (TPSA) is 95.1 Å². The molecule has 0 aliphatic rings. The highest BCUT2D eigenvalue weighted by Gasteiger charge is 2.14. The van der Waals surface area contributed by atoms with Crippen LogP contribution < -0.4 is 14.8 Å². The molecule has 0 atom stereocenters. The van der Waals surface area contributed by atoms with E-state index in [9.17, 15) is 15.3 Å². The minimum Gasteiger partial charge on any atom is -0.497 e. The molecule has 0 aromatic heterocycles. The second kappa shape index (κ2) is 11.2. The van der Waals surface area contributed by atoms with Crippen molar-refractivity contribution < 1.29 is 14.3 Å². The zero-order chi connectivity index (χ0) is 23.8. The van der Waals surface area contributed by atoms with E-state index in [1.807, 2.05) is 12.1 Å². The Bertz CT molecular complexity index is 1270. The third-order valence-corrected chi connectivity index (χ3v) is 5.42. The van der Waals surface area contributed by atoms with Gasteiger partial charge in [-0.2, -0.15) is 10.5 Å². The molecule has 6 nitrogen and oxygen atoms in total. The maximum absolute atomic E-state index is 12.5. The van der Waals surface area contributed by atoms with E-state index in [2.05, 4.69) is 27.3 Å². The van der Waals surface area contributed by atoms with Crippen LogP contribution in [0.2, 0.25) is 5.02 Å². The Morgan fingerprint density at radius 3 is 2.52 bits per heavy atom. The van der Waals surface area contributed by atoms with Crippen LogP contribution in [0, 0.1) is 22.7 Å². The Morgan fingerprint density at radius 2 is 1.88 bits per heavy atom. The molecule has 0 saturated carbocycles. The summed E-state index contributed by atoms with van der Waals surface area (Å²) >= 11 is 9.82. The van der Waals surface area contributed by atoms with Crippen LogP contribution in [0.5, 0.6) is 11.5 Å². The van der Waals surface area contributed by atoms with Crippen molar-refractivity contribution in [3.8, 4) is 23.6 Å². The molecule has 0 fully saturated rings. The first-order valence-electron chi connectivity index (χ1n) is 9.62. The molecule has 0 aliphatic heterocycles. The van der Waals surface area contributed by atoms with Crippen molar-refractivity contribution >= 4 is 45.2 Å². The molecule has 3 rings (SSSR count). The van der Waals surface area contributed by atoms with Crippen LogP contribution in [0.4, 0.5) is 5.69 Å². The highest BCUT2D eigenvalue weighted by molar-refractivity contribution is 9.10. The summed E-state index contributed by atoms with van der Waals surface area (Å²) in [5.41, 5.74) is 2.23. The summed E-state index contributed by atoms with van der Waals surface area (Å²) in [5, 5.41) is 21.7. The number of carbonyl (C=O) groups excluding carboxylic acids is 1. The van der Waals surface area contributed by atoms with Crippen molar-refractivity contribution in [1.29, 1.82) is 10.5 Å². The van der Waals surface area contributed by atoms with Crippen molar-refractivity contribution in [3.63, 3.8) is 0 Å². The van der Waals surface area contributed by atoms with Crippen LogP contribution in [0.25, 0.3) is 6.08 Å². The highest BCUT2D eigenvalue weighted by atomic mass is 79.9. The fourth-order valence-corrected chi connectivity index (χ4v) is 3.88. The predicted octanol–water partition coefficient (Wildman–Crippen LogP) is 6.11. The molecule has 3 aromatic carbocycles. The molecular weight excluding hydrogens is 506 g/mol. The number of amides is 1. The second-order valence-corrected chi connectivity index (χ2v) is 7.99. The van der Waals surface area contributed by atoms with Gasteiger partial charge in [0.25, 0.3) is 5.91 Å². The number of methoxy groups -OCH3 is 1. The summed E-state index contributed by atoms with van der Waals surface area (Å²) in [6.07, 6.45) is 1.43. The van der Waals surface area contributed by atoms with Crippen LogP contribution in [-0.4, -0.2) is 13.0 Å². The van der Waals surface area contributed by atoms with E-state index in [1.54, 1.807) is 61.7 Å². The first kappa shape index (κ1) is 23.9. The molecule has 0 aliphatic carbocycles. The summed E-state index contributed by atoms with van der Waals surface area (Å²) in [7, 11) is 1.55. The Balaban J connectivity index is 1.77. The number of halogens is 2. The molecule has 164 valence electrons. The lowest BCUT2D eigenvalue weighted by Gasteiger charge is -2.12. The molecule has 1 N–H and O–H groups in total. The number of anilines is 1. The predicted molar refractivity (Wildman–Crippen MR) is 130 cm³/mol. The zero-order valence-electron chi connectivity index (χ0n) is 17.4. The molecule has 0 bridgehead atoms. The standard InChI is InChI=1S/C25H17BrClN3O3/c1-32-21-8-6-20(7-9-21)30-25(31)19(14-29)10-16-11-22(26)24(23(27)12-16)33-15-18-5-3-2-4-17(18)13-28/h2-12H,15H2,1H3,(H,30,31)/b19-10-. The number of hydrogen-bond donors (Lipinski definition) is 1. The average Bonchev–Trinajstić information content (AvgIpc) is 2.82. The Labute approximate surface area is 204 Å². The van der Waals surface area contributed by atoms with Gasteiger partial charge in [0.1, 0.15) is 24.0 Å². The second-order valence-electron chi connectivity index (χ2n) is 6.72. The van der Waals surface area contributed by atoms with Crippen LogP contribution in [0.3, 0.4) is 0 Å². The molecule has 33 heavy (non-hydrogen) atoms. The highest BCUT2D eigenvalue weighted by Crippen LogP contribution is 2.36. The lowest BCUT2D eigenvalue weighted by molar-refractivity contribution is -0.112. The third-order valence-electron chi connectivity index (χ3n) is 4.55. The molecule has 0 unspecified atom stereocenters.